The first-order valence-electron chi connectivity index (χ1n) is 6.16. The van der Waals surface area contributed by atoms with E-state index in [1.165, 1.54) is 0 Å². The highest BCUT2D eigenvalue weighted by molar-refractivity contribution is 6.15. The van der Waals surface area contributed by atoms with E-state index in [0.717, 1.165) is 0 Å². The Balaban J connectivity index is 2.28. The highest BCUT2D eigenvalue weighted by Crippen LogP contribution is 2.44. The fraction of sp³-hybridized carbons (Fsp3) is 0.267. The maximum Gasteiger partial charge on any atom is 0.344 e. The molecule has 0 aliphatic carbocycles. The molecule has 2 aromatic carbocycles. The van der Waals surface area contributed by atoms with Crippen molar-refractivity contribution < 1.29 is 14.6 Å². The molecule has 2 N–H and O–H groups in total. The Morgan fingerprint density at radius 3 is 2.68 bits per heavy atom. The molecule has 98 valence electrons. The maximum atomic E-state index is 11.7. The van der Waals surface area contributed by atoms with Gasteiger partial charge in [0.2, 0.25) is 0 Å². The summed E-state index contributed by atoms with van der Waals surface area (Å²) < 4.78 is 5.24. The van der Waals surface area contributed by atoms with Crippen LogP contribution in [0.3, 0.4) is 0 Å². The van der Waals surface area contributed by atoms with Crippen LogP contribution in [-0.4, -0.2) is 16.6 Å². The predicted octanol–water partition coefficient (Wildman–Crippen LogP) is 3.29. The first-order valence-corrected chi connectivity index (χ1v) is 6.16. The Hall–Kier alpha value is -2.23. The van der Waals surface area contributed by atoms with Crippen LogP contribution in [0, 0.1) is 0 Å². The smallest absolute Gasteiger partial charge is 0.344 e. The topological polar surface area (TPSA) is 58.6 Å². The van der Waals surface area contributed by atoms with Gasteiger partial charge in [-0.3, -0.25) is 0 Å². The number of carbonyl (C=O) groups excluding carboxylic acids is 1. The van der Waals surface area contributed by atoms with E-state index in [4.69, 9.17) is 4.74 Å². The van der Waals surface area contributed by atoms with Crippen molar-refractivity contribution in [3.63, 3.8) is 0 Å². The molecule has 0 atom stereocenters. The zero-order valence-corrected chi connectivity index (χ0v) is 11.1. The second-order valence-electron chi connectivity index (χ2n) is 5.76. The van der Waals surface area contributed by atoms with Crippen molar-refractivity contribution in [1.82, 2.24) is 0 Å². The molecule has 1 heterocycles. The molecule has 0 saturated heterocycles. The van der Waals surface area contributed by atoms with Gasteiger partial charge >= 0.3 is 5.97 Å². The first kappa shape index (κ1) is 11.8. The standard InChI is InChI=1S/C15H15NO3/c1-15(2,3)16-10-7-11-12-8(13(10)17)5-4-6-9(12)14(18)19-11/h4-7,16-17H,1-3H3. The van der Waals surface area contributed by atoms with Gasteiger partial charge in [0.25, 0.3) is 0 Å². The van der Waals surface area contributed by atoms with Crippen molar-refractivity contribution in [3.05, 3.63) is 29.8 Å². The summed E-state index contributed by atoms with van der Waals surface area (Å²) in [6.07, 6.45) is 0. The number of rotatable bonds is 1. The summed E-state index contributed by atoms with van der Waals surface area (Å²) in [6.45, 7) is 6.00. The maximum absolute atomic E-state index is 11.7. The Morgan fingerprint density at radius 1 is 1.26 bits per heavy atom. The summed E-state index contributed by atoms with van der Waals surface area (Å²) in [4.78, 5) is 11.7. The number of anilines is 1. The average molecular weight is 257 g/mol. The van der Waals surface area contributed by atoms with Crippen molar-refractivity contribution in [3.8, 4) is 11.5 Å². The zero-order chi connectivity index (χ0) is 13.8. The molecule has 19 heavy (non-hydrogen) atoms. The minimum atomic E-state index is -0.368. The number of esters is 1. The zero-order valence-electron chi connectivity index (χ0n) is 11.1. The van der Waals surface area contributed by atoms with E-state index in [9.17, 15) is 9.90 Å². The number of hydrogen-bond acceptors (Lipinski definition) is 4. The van der Waals surface area contributed by atoms with Gasteiger partial charge < -0.3 is 15.2 Å². The van der Waals surface area contributed by atoms with Crippen LogP contribution in [0.4, 0.5) is 5.69 Å². The lowest BCUT2D eigenvalue weighted by Crippen LogP contribution is -2.26. The summed E-state index contributed by atoms with van der Waals surface area (Å²) >= 11 is 0. The summed E-state index contributed by atoms with van der Waals surface area (Å²) in [5.41, 5.74) is 0.880. The van der Waals surface area contributed by atoms with Crippen LogP contribution >= 0.6 is 0 Å². The van der Waals surface area contributed by atoms with E-state index >= 15 is 0 Å². The van der Waals surface area contributed by atoms with E-state index in [-0.39, 0.29) is 17.3 Å². The van der Waals surface area contributed by atoms with Crippen molar-refractivity contribution in [2.24, 2.45) is 0 Å². The van der Waals surface area contributed by atoms with E-state index in [0.29, 0.717) is 27.8 Å². The number of benzene rings is 2. The molecule has 1 aliphatic heterocycles. The number of aromatic hydroxyl groups is 1. The number of ether oxygens (including phenoxy) is 1. The Labute approximate surface area is 111 Å². The second kappa shape index (κ2) is 3.63. The van der Waals surface area contributed by atoms with Gasteiger partial charge in [-0.2, -0.15) is 0 Å². The largest absolute Gasteiger partial charge is 0.505 e. The number of nitrogens with one attached hydrogen (secondary N) is 1. The molecule has 0 saturated carbocycles. The molecule has 0 aromatic heterocycles. The molecule has 0 unspecified atom stereocenters. The third-order valence-electron chi connectivity index (χ3n) is 3.03. The Kier molecular flexibility index (Phi) is 2.26. The van der Waals surface area contributed by atoms with Gasteiger partial charge in [0.15, 0.2) is 0 Å². The molecule has 0 radical (unpaired) electrons. The average Bonchev–Trinajstić information content (AvgIpc) is 2.62. The summed E-state index contributed by atoms with van der Waals surface area (Å²) in [5, 5.41) is 14.9. The summed E-state index contributed by atoms with van der Waals surface area (Å²) in [5.74, 6) is 0.280. The highest BCUT2D eigenvalue weighted by atomic mass is 16.5. The van der Waals surface area contributed by atoms with Crippen LogP contribution in [0.25, 0.3) is 10.8 Å². The van der Waals surface area contributed by atoms with Crippen LogP contribution in [0.2, 0.25) is 0 Å². The van der Waals surface area contributed by atoms with Gasteiger partial charge in [-0.15, -0.1) is 0 Å². The van der Waals surface area contributed by atoms with Gasteiger partial charge in [-0.25, -0.2) is 4.79 Å². The number of hydrogen-bond donors (Lipinski definition) is 2. The third kappa shape index (κ3) is 1.80. The van der Waals surface area contributed by atoms with Crippen molar-refractivity contribution in [2.75, 3.05) is 5.32 Å². The van der Waals surface area contributed by atoms with Crippen LogP contribution in [-0.2, 0) is 0 Å². The molecular weight excluding hydrogens is 242 g/mol. The molecule has 2 aromatic rings. The lowest BCUT2D eigenvalue weighted by molar-refractivity contribution is 0.0754. The van der Waals surface area contributed by atoms with E-state index in [1.54, 1.807) is 24.3 Å². The fourth-order valence-corrected chi connectivity index (χ4v) is 2.34. The number of phenolic OH excluding ortho intramolecular Hbond substituents is 1. The minimum absolute atomic E-state index is 0.147. The number of phenols is 1. The molecule has 0 fully saturated rings. The summed E-state index contributed by atoms with van der Waals surface area (Å²) in [7, 11) is 0. The van der Waals surface area contributed by atoms with Crippen molar-refractivity contribution in [1.29, 1.82) is 0 Å². The van der Waals surface area contributed by atoms with Gasteiger partial charge in [0, 0.05) is 22.4 Å². The SMILES string of the molecule is CC(C)(C)Nc1cc2c3c(cccc3c1O)C(=O)O2. The highest BCUT2D eigenvalue weighted by Gasteiger charge is 2.27. The fourth-order valence-electron chi connectivity index (χ4n) is 2.34. The van der Waals surface area contributed by atoms with Gasteiger partial charge in [-0.1, -0.05) is 12.1 Å². The van der Waals surface area contributed by atoms with Crippen LogP contribution in [0.1, 0.15) is 31.1 Å². The second-order valence-corrected chi connectivity index (χ2v) is 5.76. The van der Waals surface area contributed by atoms with Crippen molar-refractivity contribution in [2.45, 2.75) is 26.3 Å². The first-order chi connectivity index (χ1) is 8.87. The van der Waals surface area contributed by atoms with E-state index in [1.807, 2.05) is 20.8 Å². The molecule has 1 aliphatic rings. The van der Waals surface area contributed by atoms with Gasteiger partial charge in [-0.05, 0) is 26.8 Å². The molecular formula is C15H15NO3. The molecule has 3 rings (SSSR count). The Morgan fingerprint density at radius 2 is 2.00 bits per heavy atom. The minimum Gasteiger partial charge on any atom is -0.505 e. The predicted molar refractivity (Wildman–Crippen MR) is 73.9 cm³/mol. The van der Waals surface area contributed by atoms with Crippen LogP contribution < -0.4 is 10.1 Å². The molecule has 0 spiro atoms. The van der Waals surface area contributed by atoms with E-state index < -0.39 is 0 Å². The molecule has 4 heteroatoms. The summed E-state index contributed by atoms with van der Waals surface area (Å²) in [6, 6.07) is 6.91. The van der Waals surface area contributed by atoms with Crippen LogP contribution in [0.5, 0.6) is 11.5 Å². The molecule has 0 bridgehead atoms. The lowest BCUT2D eigenvalue weighted by Gasteiger charge is -2.23. The molecule has 0 amide bonds. The van der Waals surface area contributed by atoms with Crippen LogP contribution in [0.15, 0.2) is 24.3 Å². The van der Waals surface area contributed by atoms with Gasteiger partial charge in [0.1, 0.15) is 11.5 Å². The number of carbonyl (C=O) groups is 1. The van der Waals surface area contributed by atoms with Crippen molar-refractivity contribution >= 4 is 22.4 Å². The lowest BCUT2D eigenvalue weighted by atomic mass is 10.0. The monoisotopic (exact) mass is 257 g/mol. The normalized spacial score (nSPS) is 13.7. The third-order valence-corrected chi connectivity index (χ3v) is 3.03. The van der Waals surface area contributed by atoms with E-state index in [2.05, 4.69) is 5.32 Å². The Bertz CT molecular complexity index is 699. The molecule has 4 nitrogen and oxygen atoms in total. The quantitative estimate of drug-likeness (QED) is 0.467. The van der Waals surface area contributed by atoms with Gasteiger partial charge in [0.05, 0.1) is 11.3 Å².